The van der Waals surface area contributed by atoms with Crippen molar-refractivity contribution in [3.8, 4) is 5.75 Å². The molecule has 1 aromatic heterocycles. The van der Waals surface area contributed by atoms with E-state index in [0.717, 1.165) is 48.6 Å². The molecule has 3 rings (SSSR count). The minimum atomic E-state index is -0.116. The van der Waals surface area contributed by atoms with Gasteiger partial charge in [0.1, 0.15) is 5.75 Å². The number of hydrogen-bond acceptors (Lipinski definition) is 6. The summed E-state index contributed by atoms with van der Waals surface area (Å²) < 4.78 is 11.2. The Bertz CT molecular complexity index is 973. The summed E-state index contributed by atoms with van der Waals surface area (Å²) in [7, 11) is 0. The molecule has 0 aliphatic carbocycles. The maximum atomic E-state index is 11.7. The third-order valence-electron chi connectivity index (χ3n) is 5.62. The lowest BCUT2D eigenvalue weighted by molar-refractivity contribution is -0.142. The molecule has 0 spiro atoms. The molecule has 0 saturated heterocycles. The lowest BCUT2D eigenvalue weighted by Gasteiger charge is -2.06. The number of esters is 1. The van der Waals surface area contributed by atoms with Crippen LogP contribution in [0.1, 0.15) is 63.4 Å². The van der Waals surface area contributed by atoms with E-state index in [4.69, 9.17) is 9.47 Å². The first kappa shape index (κ1) is 26.6. The van der Waals surface area contributed by atoms with E-state index in [1.54, 1.807) is 11.3 Å². The zero-order chi connectivity index (χ0) is 24.4. The topological polar surface area (TPSA) is 60.2 Å². The summed E-state index contributed by atoms with van der Waals surface area (Å²) in [5, 5.41) is 12.5. The van der Waals surface area contributed by atoms with Crippen molar-refractivity contribution < 1.29 is 14.3 Å². The third kappa shape index (κ3) is 11.8. The molecule has 1 heterocycles. The molecule has 0 unspecified atom stereocenters. The van der Waals surface area contributed by atoms with E-state index >= 15 is 0 Å². The van der Waals surface area contributed by atoms with Crippen LogP contribution in [0.15, 0.2) is 81.7 Å². The van der Waals surface area contributed by atoms with E-state index < -0.39 is 0 Å². The molecule has 0 N–H and O–H groups in total. The maximum absolute atomic E-state index is 11.7. The van der Waals surface area contributed by atoms with Crippen molar-refractivity contribution in [2.75, 3.05) is 13.2 Å². The molecule has 0 aliphatic heterocycles. The van der Waals surface area contributed by atoms with Crippen LogP contribution in [0.25, 0.3) is 0 Å². The van der Waals surface area contributed by atoms with Gasteiger partial charge in [0.2, 0.25) is 0 Å². The number of unbranched alkanes of at least 4 members (excludes halogenated alkanes) is 8. The van der Waals surface area contributed by atoms with Gasteiger partial charge in [-0.1, -0.05) is 63.1 Å². The van der Waals surface area contributed by atoms with Crippen LogP contribution >= 0.6 is 11.3 Å². The van der Waals surface area contributed by atoms with Crippen LogP contribution in [0.5, 0.6) is 5.75 Å². The lowest BCUT2D eigenvalue weighted by atomic mass is 10.1. The van der Waals surface area contributed by atoms with Gasteiger partial charge in [-0.15, -0.1) is 0 Å². The van der Waals surface area contributed by atoms with Crippen molar-refractivity contribution in [3.63, 3.8) is 0 Å². The SMILES string of the molecule is O=C(Cc1ccsc1)OCCCCCCCCCCCOc1ccc(N=Nc2ccccc2)cc1. The highest BCUT2D eigenvalue weighted by Crippen LogP contribution is 2.21. The first-order valence-corrected chi connectivity index (χ1v) is 13.6. The standard InChI is InChI=1S/C29H36N2O3S/c32-29(23-25-19-22-35-24-25)34-21-12-7-5-3-1-2-4-6-11-20-33-28-17-15-27(16-18-28)31-30-26-13-9-8-10-14-26/h8-10,13-19,22,24H,1-7,11-12,20-21,23H2. The van der Waals surface area contributed by atoms with Crippen molar-refractivity contribution in [1.82, 2.24) is 0 Å². The van der Waals surface area contributed by atoms with Crippen LogP contribution < -0.4 is 4.74 Å². The fourth-order valence-electron chi connectivity index (χ4n) is 3.65. The maximum Gasteiger partial charge on any atom is 0.310 e. The fourth-order valence-corrected chi connectivity index (χ4v) is 4.32. The van der Waals surface area contributed by atoms with Crippen molar-refractivity contribution >= 4 is 28.7 Å². The van der Waals surface area contributed by atoms with Gasteiger partial charge in [0.15, 0.2) is 0 Å². The quantitative estimate of drug-likeness (QED) is 0.107. The van der Waals surface area contributed by atoms with Gasteiger partial charge in [0.25, 0.3) is 0 Å². The smallest absolute Gasteiger partial charge is 0.310 e. The first-order valence-electron chi connectivity index (χ1n) is 12.7. The molecule has 3 aromatic rings. The highest BCUT2D eigenvalue weighted by atomic mass is 32.1. The zero-order valence-corrected chi connectivity index (χ0v) is 21.3. The van der Waals surface area contributed by atoms with Gasteiger partial charge in [-0.05, 0) is 71.6 Å². The summed E-state index contributed by atoms with van der Waals surface area (Å²) in [6.45, 7) is 1.29. The van der Waals surface area contributed by atoms with E-state index in [9.17, 15) is 4.79 Å². The summed E-state index contributed by atoms with van der Waals surface area (Å²) in [6, 6.07) is 19.4. The molecule has 0 saturated carbocycles. The minimum absolute atomic E-state index is 0.116. The highest BCUT2D eigenvalue weighted by molar-refractivity contribution is 7.08. The van der Waals surface area contributed by atoms with E-state index in [1.807, 2.05) is 71.4 Å². The molecule has 5 nitrogen and oxygen atoms in total. The Kier molecular flexibility index (Phi) is 12.6. The minimum Gasteiger partial charge on any atom is -0.494 e. The Morgan fingerprint density at radius 2 is 1.29 bits per heavy atom. The largest absolute Gasteiger partial charge is 0.494 e. The molecule has 0 fully saturated rings. The summed E-state index contributed by atoms with van der Waals surface area (Å²) >= 11 is 1.61. The molecule has 0 radical (unpaired) electrons. The highest BCUT2D eigenvalue weighted by Gasteiger charge is 2.04. The Labute approximate surface area is 213 Å². The molecule has 0 bridgehead atoms. The van der Waals surface area contributed by atoms with Crippen LogP contribution in [-0.4, -0.2) is 19.2 Å². The predicted octanol–water partition coefficient (Wildman–Crippen LogP) is 8.84. The number of hydrogen-bond donors (Lipinski definition) is 0. The molecule has 0 aliphatic rings. The summed E-state index contributed by atoms with van der Waals surface area (Å²) in [5.41, 5.74) is 2.70. The van der Waals surface area contributed by atoms with Gasteiger partial charge < -0.3 is 9.47 Å². The van der Waals surface area contributed by atoms with Gasteiger partial charge >= 0.3 is 5.97 Å². The van der Waals surface area contributed by atoms with Crippen molar-refractivity contribution in [2.45, 2.75) is 64.2 Å². The van der Waals surface area contributed by atoms with Crippen molar-refractivity contribution in [1.29, 1.82) is 0 Å². The molecule has 35 heavy (non-hydrogen) atoms. The van der Waals surface area contributed by atoms with E-state index in [0.29, 0.717) is 13.0 Å². The Morgan fingerprint density at radius 1 is 0.686 bits per heavy atom. The van der Waals surface area contributed by atoms with Gasteiger partial charge in [-0.25, -0.2) is 0 Å². The molecular weight excluding hydrogens is 456 g/mol. The number of rotatable bonds is 17. The molecule has 186 valence electrons. The van der Waals surface area contributed by atoms with Crippen LogP contribution in [0.4, 0.5) is 11.4 Å². The van der Waals surface area contributed by atoms with Crippen molar-refractivity contribution in [2.24, 2.45) is 10.2 Å². The summed E-state index contributed by atoms with van der Waals surface area (Å²) in [5.74, 6) is 0.760. The second-order valence-corrected chi connectivity index (χ2v) is 9.37. The lowest BCUT2D eigenvalue weighted by Crippen LogP contribution is -2.08. The number of carbonyl (C=O) groups is 1. The molecule has 0 atom stereocenters. The number of carbonyl (C=O) groups excluding carboxylic acids is 1. The van der Waals surface area contributed by atoms with Crippen molar-refractivity contribution in [3.05, 3.63) is 77.0 Å². The average Bonchev–Trinajstić information content (AvgIpc) is 3.40. The first-order chi connectivity index (χ1) is 17.3. The zero-order valence-electron chi connectivity index (χ0n) is 20.4. The molecule has 0 amide bonds. The molecular formula is C29H36N2O3S. The predicted molar refractivity (Wildman–Crippen MR) is 143 cm³/mol. The number of azo groups is 1. The second kappa shape index (κ2) is 16.6. The van der Waals surface area contributed by atoms with Gasteiger partial charge in [0, 0.05) is 0 Å². The Hall–Kier alpha value is -2.99. The molecule has 2 aromatic carbocycles. The summed E-state index contributed by atoms with van der Waals surface area (Å²) in [6.07, 6.45) is 11.0. The molecule has 6 heteroatoms. The third-order valence-corrected chi connectivity index (χ3v) is 6.35. The normalized spacial score (nSPS) is 11.1. The van der Waals surface area contributed by atoms with Crippen LogP contribution in [0, 0.1) is 0 Å². The summed E-state index contributed by atoms with van der Waals surface area (Å²) in [4.78, 5) is 11.7. The van der Waals surface area contributed by atoms with E-state index in [2.05, 4.69) is 10.2 Å². The number of ether oxygens (including phenoxy) is 2. The van der Waals surface area contributed by atoms with Gasteiger partial charge in [-0.3, -0.25) is 4.79 Å². The number of benzene rings is 2. The monoisotopic (exact) mass is 492 g/mol. The Balaban J connectivity index is 1.10. The number of nitrogens with zero attached hydrogens (tertiary/aromatic N) is 2. The fraction of sp³-hybridized carbons (Fsp3) is 0.414. The Morgan fingerprint density at radius 3 is 1.91 bits per heavy atom. The van der Waals surface area contributed by atoms with Crippen LogP contribution in [0.3, 0.4) is 0 Å². The van der Waals surface area contributed by atoms with E-state index in [-0.39, 0.29) is 5.97 Å². The number of thiophene rings is 1. The van der Waals surface area contributed by atoms with Crippen LogP contribution in [-0.2, 0) is 16.0 Å². The van der Waals surface area contributed by atoms with Crippen LogP contribution in [0.2, 0.25) is 0 Å². The van der Waals surface area contributed by atoms with E-state index in [1.165, 1.54) is 38.5 Å². The van der Waals surface area contributed by atoms with Gasteiger partial charge in [0.05, 0.1) is 31.0 Å². The second-order valence-electron chi connectivity index (χ2n) is 8.59. The van der Waals surface area contributed by atoms with Gasteiger partial charge in [-0.2, -0.15) is 21.6 Å². The average molecular weight is 493 g/mol.